The maximum Gasteiger partial charge on any atom is 0.243 e. The van der Waals surface area contributed by atoms with Crippen molar-refractivity contribution in [2.75, 3.05) is 39.3 Å². The number of nitrogens with zero attached hydrogens (tertiary/aromatic N) is 2. The molecule has 0 aromatic heterocycles. The zero-order valence-electron chi connectivity index (χ0n) is 17.0. The summed E-state index contributed by atoms with van der Waals surface area (Å²) in [5.74, 6) is 0.551. The van der Waals surface area contributed by atoms with Gasteiger partial charge in [-0.1, -0.05) is 13.0 Å². The molecule has 1 aromatic rings. The van der Waals surface area contributed by atoms with Crippen LogP contribution in [0.5, 0.6) is 0 Å². The molecule has 2 fully saturated rings. The minimum Gasteiger partial charge on any atom is -0.340 e. The van der Waals surface area contributed by atoms with Crippen molar-refractivity contribution in [3.63, 3.8) is 0 Å². The molecule has 2 saturated heterocycles. The topological polar surface area (TPSA) is 69.7 Å². The van der Waals surface area contributed by atoms with Crippen LogP contribution in [0.25, 0.3) is 0 Å². The van der Waals surface area contributed by atoms with Crippen LogP contribution >= 0.6 is 0 Å². The minimum absolute atomic E-state index is 0.00156. The second kappa shape index (κ2) is 7.53. The van der Waals surface area contributed by atoms with E-state index in [1.807, 2.05) is 45.6 Å². The Bertz CT molecular complexity index is 812. The van der Waals surface area contributed by atoms with Gasteiger partial charge in [0, 0.05) is 32.1 Å². The highest BCUT2D eigenvalue weighted by Crippen LogP contribution is 2.29. The zero-order valence-corrected chi connectivity index (χ0v) is 17.8. The lowest BCUT2D eigenvalue weighted by atomic mass is 9.88. The van der Waals surface area contributed by atoms with Crippen molar-refractivity contribution in [2.24, 2.45) is 11.8 Å². The summed E-state index contributed by atoms with van der Waals surface area (Å²) in [6.07, 6.45) is 0. The summed E-state index contributed by atoms with van der Waals surface area (Å²) in [6, 6.07) is 2.04. The molecule has 3 rings (SSSR count). The highest BCUT2D eigenvalue weighted by molar-refractivity contribution is 7.89. The molecule has 0 radical (unpaired) electrons. The summed E-state index contributed by atoms with van der Waals surface area (Å²) in [5.41, 5.74) is 3.63. The van der Waals surface area contributed by atoms with Crippen molar-refractivity contribution in [2.45, 2.75) is 39.5 Å². The van der Waals surface area contributed by atoms with E-state index in [1.165, 1.54) is 0 Å². The summed E-state index contributed by atoms with van der Waals surface area (Å²) >= 11 is 0. The maximum absolute atomic E-state index is 13.3. The van der Waals surface area contributed by atoms with E-state index in [1.54, 1.807) is 4.31 Å². The SMILES string of the molecule is Cc1cc(C)c(C)c(S(=O)(=O)N2CCN(C(=O)C(C)C3CNC3)CC2)c1C. The molecule has 1 amide bonds. The Kier molecular flexibility index (Phi) is 5.66. The van der Waals surface area contributed by atoms with Gasteiger partial charge in [-0.3, -0.25) is 4.79 Å². The molecule has 0 spiro atoms. The number of rotatable bonds is 4. The van der Waals surface area contributed by atoms with Gasteiger partial charge in [-0.25, -0.2) is 8.42 Å². The van der Waals surface area contributed by atoms with Gasteiger partial charge in [-0.15, -0.1) is 0 Å². The molecule has 1 atom stereocenters. The summed E-state index contributed by atoms with van der Waals surface area (Å²) < 4.78 is 28.2. The molecule has 1 N–H and O–H groups in total. The van der Waals surface area contributed by atoms with Crippen LogP contribution in [0.3, 0.4) is 0 Å². The standard InChI is InChI=1S/C20H31N3O3S/c1-13-10-14(2)16(4)19(15(13)3)27(25,26)23-8-6-22(7-9-23)20(24)17(5)18-11-21-12-18/h10,17-18,21H,6-9,11-12H2,1-5H3. The molecule has 150 valence electrons. The Balaban J connectivity index is 1.75. The van der Waals surface area contributed by atoms with Crippen LogP contribution in [0.15, 0.2) is 11.0 Å². The third-order valence-corrected chi connectivity index (χ3v) is 8.53. The second-order valence-corrected chi connectivity index (χ2v) is 9.90. The molecular weight excluding hydrogens is 362 g/mol. The molecule has 0 aliphatic carbocycles. The van der Waals surface area contributed by atoms with Gasteiger partial charge in [-0.05, 0) is 69.0 Å². The highest BCUT2D eigenvalue weighted by atomic mass is 32.2. The van der Waals surface area contributed by atoms with Gasteiger partial charge in [0.1, 0.15) is 0 Å². The fourth-order valence-corrected chi connectivity index (χ4v) is 6.00. The van der Waals surface area contributed by atoms with Crippen molar-refractivity contribution >= 4 is 15.9 Å². The first-order valence-electron chi connectivity index (χ1n) is 9.71. The van der Waals surface area contributed by atoms with Gasteiger partial charge < -0.3 is 10.2 Å². The number of aryl methyl sites for hydroxylation is 2. The number of piperazine rings is 1. The van der Waals surface area contributed by atoms with Crippen LogP contribution < -0.4 is 5.32 Å². The first kappa shape index (κ1) is 20.3. The number of hydrogen-bond acceptors (Lipinski definition) is 4. The van der Waals surface area contributed by atoms with Gasteiger partial charge in [-0.2, -0.15) is 4.31 Å². The largest absolute Gasteiger partial charge is 0.340 e. The van der Waals surface area contributed by atoms with Crippen LogP contribution in [0, 0.1) is 39.5 Å². The molecule has 7 heteroatoms. The molecule has 2 aliphatic heterocycles. The predicted molar refractivity (Wildman–Crippen MR) is 106 cm³/mol. The Morgan fingerprint density at radius 3 is 2.00 bits per heavy atom. The van der Waals surface area contributed by atoms with Crippen LogP contribution in [0.1, 0.15) is 29.2 Å². The van der Waals surface area contributed by atoms with Gasteiger partial charge in [0.15, 0.2) is 0 Å². The number of amides is 1. The van der Waals surface area contributed by atoms with E-state index in [0.29, 0.717) is 37.0 Å². The summed E-state index contributed by atoms with van der Waals surface area (Å²) in [5, 5.41) is 3.21. The maximum atomic E-state index is 13.3. The smallest absolute Gasteiger partial charge is 0.243 e. The fourth-order valence-electron chi connectivity index (χ4n) is 4.00. The fraction of sp³-hybridized carbons (Fsp3) is 0.650. The summed E-state index contributed by atoms with van der Waals surface area (Å²) in [6.45, 7) is 13.1. The van der Waals surface area contributed by atoms with Gasteiger partial charge in [0.05, 0.1) is 4.90 Å². The van der Waals surface area contributed by atoms with Crippen molar-refractivity contribution in [1.82, 2.24) is 14.5 Å². The number of sulfonamides is 1. The number of benzene rings is 1. The monoisotopic (exact) mass is 393 g/mol. The van der Waals surface area contributed by atoms with Crippen molar-refractivity contribution in [3.05, 3.63) is 28.3 Å². The zero-order chi connectivity index (χ0) is 19.9. The first-order chi connectivity index (χ1) is 12.6. The molecule has 2 aliphatic rings. The quantitative estimate of drug-likeness (QED) is 0.844. The lowest BCUT2D eigenvalue weighted by molar-refractivity contribution is -0.138. The Morgan fingerprint density at radius 2 is 1.56 bits per heavy atom. The van der Waals surface area contributed by atoms with Gasteiger partial charge in [0.25, 0.3) is 0 Å². The van der Waals surface area contributed by atoms with E-state index in [-0.39, 0.29) is 11.8 Å². The van der Waals surface area contributed by atoms with Crippen LogP contribution in [0.4, 0.5) is 0 Å². The van der Waals surface area contributed by atoms with E-state index < -0.39 is 10.0 Å². The lowest BCUT2D eigenvalue weighted by Crippen LogP contribution is -2.55. The number of nitrogens with one attached hydrogen (secondary N) is 1. The van der Waals surface area contributed by atoms with E-state index in [2.05, 4.69) is 5.32 Å². The highest BCUT2D eigenvalue weighted by Gasteiger charge is 2.36. The predicted octanol–water partition coefficient (Wildman–Crippen LogP) is 1.61. The summed E-state index contributed by atoms with van der Waals surface area (Å²) in [7, 11) is -3.56. The third kappa shape index (κ3) is 3.65. The van der Waals surface area contributed by atoms with Crippen molar-refractivity contribution < 1.29 is 13.2 Å². The molecule has 2 heterocycles. The third-order valence-electron chi connectivity index (χ3n) is 6.36. The van der Waals surface area contributed by atoms with Crippen molar-refractivity contribution in [1.29, 1.82) is 0 Å². The normalized spacial score (nSPS) is 20.4. The van der Waals surface area contributed by atoms with Gasteiger partial charge >= 0.3 is 0 Å². The molecule has 0 bridgehead atoms. The molecule has 1 unspecified atom stereocenters. The average Bonchev–Trinajstić information content (AvgIpc) is 2.58. The molecule has 1 aromatic carbocycles. The number of carbonyl (C=O) groups excluding carboxylic acids is 1. The average molecular weight is 394 g/mol. The lowest BCUT2D eigenvalue weighted by Gasteiger charge is -2.39. The molecule has 27 heavy (non-hydrogen) atoms. The van der Waals surface area contributed by atoms with Crippen LogP contribution in [0.2, 0.25) is 0 Å². The minimum atomic E-state index is -3.56. The Morgan fingerprint density at radius 1 is 1.04 bits per heavy atom. The van der Waals surface area contributed by atoms with Crippen molar-refractivity contribution in [3.8, 4) is 0 Å². The Hall–Kier alpha value is -1.44. The van der Waals surface area contributed by atoms with Crippen LogP contribution in [-0.2, 0) is 14.8 Å². The second-order valence-electron chi connectivity index (χ2n) is 8.03. The molecular formula is C20H31N3O3S. The molecule has 6 nitrogen and oxygen atoms in total. The first-order valence-corrected chi connectivity index (χ1v) is 11.2. The van der Waals surface area contributed by atoms with Gasteiger partial charge in [0.2, 0.25) is 15.9 Å². The van der Waals surface area contributed by atoms with E-state index >= 15 is 0 Å². The van der Waals surface area contributed by atoms with E-state index in [0.717, 1.165) is 35.3 Å². The van der Waals surface area contributed by atoms with Crippen LogP contribution in [-0.4, -0.2) is 62.8 Å². The van der Waals surface area contributed by atoms with E-state index in [4.69, 9.17) is 0 Å². The number of hydrogen-bond donors (Lipinski definition) is 1. The summed E-state index contributed by atoms with van der Waals surface area (Å²) in [4.78, 5) is 15.0. The number of carbonyl (C=O) groups is 1. The van der Waals surface area contributed by atoms with E-state index in [9.17, 15) is 13.2 Å². The molecule has 0 saturated carbocycles. The Labute approximate surface area is 163 Å².